The molecule has 0 saturated carbocycles. The maximum absolute atomic E-state index is 11.6. The first-order valence-corrected chi connectivity index (χ1v) is 4.23. The molecular weight excluding hydrogens is 206 g/mol. The van der Waals surface area contributed by atoms with Crippen molar-refractivity contribution in [2.75, 3.05) is 26.2 Å². The van der Waals surface area contributed by atoms with E-state index in [0.717, 1.165) is 26.2 Å². The lowest BCUT2D eigenvalue weighted by atomic mass is 10.3. The number of carbonyl (C=O) groups is 1. The van der Waals surface area contributed by atoms with Crippen LogP contribution >= 0.6 is 12.4 Å². The number of nitrogens with zero attached hydrogens (tertiary/aromatic N) is 3. The van der Waals surface area contributed by atoms with Crippen LogP contribution in [0.25, 0.3) is 0 Å². The highest BCUT2D eigenvalue weighted by Crippen LogP contribution is 1.98. The maximum Gasteiger partial charge on any atom is 0.291 e. The van der Waals surface area contributed by atoms with Crippen molar-refractivity contribution in [3.05, 3.63) is 12.2 Å². The Balaban J connectivity index is 0.000000980. The maximum atomic E-state index is 11.6. The summed E-state index contributed by atoms with van der Waals surface area (Å²) in [6, 6.07) is 0. The van der Waals surface area contributed by atoms with Crippen molar-refractivity contribution in [1.82, 2.24) is 25.4 Å². The molecule has 1 amide bonds. The largest absolute Gasteiger partial charge is 0.333 e. The molecule has 6 nitrogen and oxygen atoms in total. The van der Waals surface area contributed by atoms with Gasteiger partial charge in [0, 0.05) is 26.2 Å². The van der Waals surface area contributed by atoms with Gasteiger partial charge in [0.1, 0.15) is 6.33 Å². The van der Waals surface area contributed by atoms with E-state index in [0.29, 0.717) is 5.82 Å². The third-order valence-corrected chi connectivity index (χ3v) is 2.02. The number of aromatic nitrogens is 3. The fourth-order valence-electron chi connectivity index (χ4n) is 1.33. The molecule has 2 N–H and O–H groups in total. The quantitative estimate of drug-likeness (QED) is 0.651. The molecule has 0 unspecified atom stereocenters. The van der Waals surface area contributed by atoms with Gasteiger partial charge < -0.3 is 10.2 Å². The van der Waals surface area contributed by atoms with Crippen molar-refractivity contribution < 1.29 is 4.79 Å². The zero-order chi connectivity index (χ0) is 9.10. The lowest BCUT2D eigenvalue weighted by Gasteiger charge is -2.26. The number of piperazine rings is 1. The average Bonchev–Trinajstić information content (AvgIpc) is 2.71. The van der Waals surface area contributed by atoms with E-state index in [4.69, 9.17) is 0 Å². The average molecular weight is 218 g/mol. The van der Waals surface area contributed by atoms with E-state index in [9.17, 15) is 4.79 Å². The summed E-state index contributed by atoms with van der Waals surface area (Å²) in [5.74, 6) is 0.251. The Hall–Kier alpha value is -1.14. The monoisotopic (exact) mass is 217 g/mol. The van der Waals surface area contributed by atoms with E-state index in [1.807, 2.05) is 0 Å². The lowest BCUT2D eigenvalue weighted by Crippen LogP contribution is -2.46. The molecule has 0 atom stereocenters. The van der Waals surface area contributed by atoms with Crippen LogP contribution in [0.5, 0.6) is 0 Å². The Morgan fingerprint density at radius 2 is 2.14 bits per heavy atom. The van der Waals surface area contributed by atoms with Crippen molar-refractivity contribution >= 4 is 18.3 Å². The Morgan fingerprint density at radius 1 is 1.43 bits per heavy atom. The zero-order valence-corrected chi connectivity index (χ0v) is 8.38. The number of aromatic amines is 1. The molecule has 2 heterocycles. The van der Waals surface area contributed by atoms with Crippen LogP contribution in [0.15, 0.2) is 6.33 Å². The molecule has 78 valence electrons. The van der Waals surface area contributed by atoms with Crippen molar-refractivity contribution in [2.24, 2.45) is 0 Å². The van der Waals surface area contributed by atoms with Crippen molar-refractivity contribution in [2.45, 2.75) is 0 Å². The highest BCUT2D eigenvalue weighted by Gasteiger charge is 2.19. The first-order valence-electron chi connectivity index (χ1n) is 4.23. The summed E-state index contributed by atoms with van der Waals surface area (Å²) in [7, 11) is 0. The summed E-state index contributed by atoms with van der Waals surface area (Å²) in [6.45, 7) is 3.17. The standard InChI is InChI=1S/C7H11N5O.ClH/c13-7(6-9-5-10-11-6)12-3-1-8-2-4-12;/h5,8H,1-4H2,(H,9,10,11);1H. The number of H-pyrrole nitrogens is 1. The van der Waals surface area contributed by atoms with Gasteiger partial charge >= 0.3 is 0 Å². The second kappa shape index (κ2) is 4.92. The molecule has 1 fully saturated rings. The van der Waals surface area contributed by atoms with Crippen LogP contribution in [0, 0.1) is 0 Å². The molecule has 1 aliphatic heterocycles. The fourth-order valence-corrected chi connectivity index (χ4v) is 1.33. The van der Waals surface area contributed by atoms with Crippen molar-refractivity contribution in [1.29, 1.82) is 0 Å². The number of rotatable bonds is 1. The van der Waals surface area contributed by atoms with E-state index in [1.165, 1.54) is 6.33 Å². The van der Waals surface area contributed by atoms with Gasteiger partial charge in [0.25, 0.3) is 5.91 Å². The summed E-state index contributed by atoms with van der Waals surface area (Å²) < 4.78 is 0. The highest BCUT2D eigenvalue weighted by atomic mass is 35.5. The Labute approximate surface area is 87.5 Å². The molecule has 7 heteroatoms. The van der Waals surface area contributed by atoms with Crippen LogP contribution in [0.3, 0.4) is 0 Å². The second-order valence-electron chi connectivity index (χ2n) is 2.88. The zero-order valence-electron chi connectivity index (χ0n) is 7.56. The van der Waals surface area contributed by atoms with Gasteiger partial charge in [0.05, 0.1) is 0 Å². The number of amides is 1. The van der Waals surface area contributed by atoms with E-state index in [-0.39, 0.29) is 18.3 Å². The summed E-state index contributed by atoms with van der Waals surface area (Å²) >= 11 is 0. The molecular formula is C7H12ClN5O. The molecule has 14 heavy (non-hydrogen) atoms. The molecule has 2 rings (SSSR count). The molecule has 0 radical (unpaired) electrons. The van der Waals surface area contributed by atoms with Gasteiger partial charge in [-0.15, -0.1) is 12.4 Å². The molecule has 0 aromatic carbocycles. The molecule has 0 bridgehead atoms. The van der Waals surface area contributed by atoms with E-state index in [1.54, 1.807) is 4.90 Å². The number of carbonyl (C=O) groups excluding carboxylic acids is 1. The minimum Gasteiger partial charge on any atom is -0.333 e. The van der Waals surface area contributed by atoms with Gasteiger partial charge in [-0.25, -0.2) is 4.98 Å². The van der Waals surface area contributed by atoms with E-state index >= 15 is 0 Å². The van der Waals surface area contributed by atoms with Crippen LogP contribution in [0.2, 0.25) is 0 Å². The normalized spacial score (nSPS) is 16.1. The smallest absolute Gasteiger partial charge is 0.291 e. The Bertz CT molecular complexity index is 282. The molecule has 1 aliphatic rings. The van der Waals surface area contributed by atoms with Crippen molar-refractivity contribution in [3.8, 4) is 0 Å². The minimum absolute atomic E-state index is 0. The van der Waals surface area contributed by atoms with Gasteiger partial charge in [0.15, 0.2) is 0 Å². The van der Waals surface area contributed by atoms with E-state index < -0.39 is 0 Å². The van der Waals surface area contributed by atoms with Gasteiger partial charge in [0.2, 0.25) is 5.82 Å². The highest BCUT2D eigenvalue weighted by molar-refractivity contribution is 5.90. The van der Waals surface area contributed by atoms with Gasteiger partial charge in [-0.05, 0) is 0 Å². The summed E-state index contributed by atoms with van der Waals surface area (Å²) in [5, 5.41) is 9.38. The molecule has 1 aromatic heterocycles. The van der Waals surface area contributed by atoms with Crippen molar-refractivity contribution in [3.63, 3.8) is 0 Å². The van der Waals surface area contributed by atoms with E-state index in [2.05, 4.69) is 20.5 Å². The molecule has 1 aromatic rings. The minimum atomic E-state index is -0.0704. The summed E-state index contributed by atoms with van der Waals surface area (Å²) in [5.41, 5.74) is 0. The first kappa shape index (κ1) is 10.9. The Kier molecular flexibility index (Phi) is 3.84. The van der Waals surface area contributed by atoms with Crippen LogP contribution in [-0.4, -0.2) is 52.2 Å². The van der Waals surface area contributed by atoms with Gasteiger partial charge in [-0.3, -0.25) is 9.89 Å². The molecule has 0 aliphatic carbocycles. The van der Waals surface area contributed by atoms with Crippen LogP contribution < -0.4 is 5.32 Å². The topological polar surface area (TPSA) is 73.9 Å². The predicted octanol–water partition coefficient (Wildman–Crippen LogP) is -0.728. The third kappa shape index (κ3) is 2.21. The third-order valence-electron chi connectivity index (χ3n) is 2.02. The summed E-state index contributed by atoms with van der Waals surface area (Å²) in [4.78, 5) is 17.2. The first-order chi connectivity index (χ1) is 6.38. The number of hydrogen-bond acceptors (Lipinski definition) is 4. The van der Waals surface area contributed by atoms with Gasteiger partial charge in [-0.2, -0.15) is 5.10 Å². The van der Waals surface area contributed by atoms with Crippen LogP contribution in [0.1, 0.15) is 10.6 Å². The van der Waals surface area contributed by atoms with Crippen LogP contribution in [-0.2, 0) is 0 Å². The fraction of sp³-hybridized carbons (Fsp3) is 0.571. The lowest BCUT2D eigenvalue weighted by molar-refractivity contribution is 0.0724. The Morgan fingerprint density at radius 3 is 2.71 bits per heavy atom. The predicted molar refractivity (Wildman–Crippen MR) is 52.4 cm³/mol. The second-order valence-corrected chi connectivity index (χ2v) is 2.88. The molecule has 0 spiro atoms. The number of hydrogen-bond donors (Lipinski definition) is 2. The van der Waals surface area contributed by atoms with Crippen LogP contribution in [0.4, 0.5) is 0 Å². The van der Waals surface area contributed by atoms with Gasteiger partial charge in [-0.1, -0.05) is 0 Å². The number of halogens is 1. The summed E-state index contributed by atoms with van der Waals surface area (Å²) in [6.07, 6.45) is 1.34. The molecule has 1 saturated heterocycles. The number of nitrogens with one attached hydrogen (secondary N) is 2. The SMILES string of the molecule is Cl.O=C(c1ncn[nH]1)N1CCNCC1.